The molecule has 3 aromatic rings. The molecule has 3 N–H and O–H groups in total. The fourth-order valence-electron chi connectivity index (χ4n) is 3.43. The molecule has 0 saturated heterocycles. The number of urea groups is 1. The highest BCUT2D eigenvalue weighted by Crippen LogP contribution is 2.19. The maximum Gasteiger partial charge on any atom is 0.317 e. The zero-order chi connectivity index (χ0) is 25.2. The van der Waals surface area contributed by atoms with Gasteiger partial charge >= 0.3 is 6.03 Å². The third-order valence-corrected chi connectivity index (χ3v) is 6.37. The number of Topliss-reactive ketones (excluding diaryl/α,β-unsaturated/α-hetero) is 1. The first-order valence-electron chi connectivity index (χ1n) is 11.4. The number of nitrogen functional groups attached to an aromatic ring is 1. The van der Waals surface area contributed by atoms with Gasteiger partial charge in [-0.3, -0.25) is 9.78 Å². The van der Waals surface area contributed by atoms with Crippen LogP contribution in [0.2, 0.25) is 0 Å². The molecule has 35 heavy (non-hydrogen) atoms. The van der Waals surface area contributed by atoms with Gasteiger partial charge in [0.05, 0.1) is 7.11 Å². The van der Waals surface area contributed by atoms with Crippen LogP contribution in [0.3, 0.4) is 0 Å². The van der Waals surface area contributed by atoms with E-state index in [2.05, 4.69) is 10.3 Å². The molecule has 0 aliphatic heterocycles. The van der Waals surface area contributed by atoms with Crippen LogP contribution < -0.4 is 15.8 Å². The number of hydrogen-bond donors (Lipinski definition) is 2. The normalized spacial score (nSPS) is 10.9. The lowest BCUT2D eigenvalue weighted by Gasteiger charge is -2.25. The number of aromatic nitrogens is 1. The Morgan fingerprint density at radius 1 is 1.06 bits per heavy atom. The molecule has 0 fully saturated rings. The van der Waals surface area contributed by atoms with E-state index in [4.69, 9.17) is 10.5 Å². The molecule has 0 saturated carbocycles. The minimum Gasteiger partial charge on any atom is -0.497 e. The molecule has 9 heteroatoms. The lowest BCUT2D eigenvalue weighted by Crippen LogP contribution is -2.43. The minimum absolute atomic E-state index is 0.0811. The summed E-state index contributed by atoms with van der Waals surface area (Å²) in [4.78, 5) is 33.6. The second-order valence-electron chi connectivity index (χ2n) is 8.56. The quantitative estimate of drug-likeness (QED) is 0.373. The van der Waals surface area contributed by atoms with Gasteiger partial charge in [-0.15, -0.1) is 11.3 Å². The van der Waals surface area contributed by atoms with Crippen LogP contribution in [0.4, 0.5) is 10.5 Å². The van der Waals surface area contributed by atoms with E-state index in [0.717, 1.165) is 35.4 Å². The van der Waals surface area contributed by atoms with E-state index in [1.54, 1.807) is 24.3 Å². The number of likely N-dealkylation sites (N-methyl/N-ethyl adjacent to an activating group) is 1. The molecule has 0 radical (unpaired) electrons. The van der Waals surface area contributed by atoms with Gasteiger partial charge in [-0.1, -0.05) is 18.2 Å². The van der Waals surface area contributed by atoms with Crippen LogP contribution in [0.15, 0.2) is 53.4 Å². The van der Waals surface area contributed by atoms with Gasteiger partial charge in [0.1, 0.15) is 11.4 Å². The summed E-state index contributed by atoms with van der Waals surface area (Å²) in [7, 11) is 5.59. The second kappa shape index (κ2) is 12.9. The van der Waals surface area contributed by atoms with Crippen molar-refractivity contribution in [3.63, 3.8) is 0 Å². The lowest BCUT2D eigenvalue weighted by atomic mass is 10.1. The maximum atomic E-state index is 12.9. The number of ether oxygens (including phenoxy) is 1. The molecule has 0 aliphatic rings. The SMILES string of the molecule is COc1ccc(CCNC(=O)N(CCN(C)C)Cc2ccc(C(=O)Cc3cscc3N)nc2)cc1. The summed E-state index contributed by atoms with van der Waals surface area (Å²) in [5, 5.41) is 6.72. The van der Waals surface area contributed by atoms with Crippen molar-refractivity contribution in [1.82, 2.24) is 20.1 Å². The van der Waals surface area contributed by atoms with E-state index in [-0.39, 0.29) is 18.2 Å². The van der Waals surface area contributed by atoms with Crippen LogP contribution in [0.25, 0.3) is 0 Å². The number of nitrogens with one attached hydrogen (secondary N) is 1. The van der Waals surface area contributed by atoms with Gasteiger partial charge in [0.25, 0.3) is 0 Å². The summed E-state index contributed by atoms with van der Waals surface area (Å²) >= 11 is 1.48. The largest absolute Gasteiger partial charge is 0.497 e. The number of hydrogen-bond acceptors (Lipinski definition) is 7. The molecule has 1 aromatic carbocycles. The van der Waals surface area contributed by atoms with Crippen LogP contribution in [0, 0.1) is 0 Å². The minimum atomic E-state index is -0.131. The highest BCUT2D eigenvalue weighted by molar-refractivity contribution is 7.08. The van der Waals surface area contributed by atoms with Gasteiger partial charge in [-0.05, 0) is 60.8 Å². The number of methoxy groups -OCH3 is 1. The molecule has 186 valence electrons. The third kappa shape index (κ3) is 8.08. The van der Waals surface area contributed by atoms with Crippen molar-refractivity contribution in [2.45, 2.75) is 19.4 Å². The van der Waals surface area contributed by atoms with Gasteiger partial charge < -0.3 is 25.6 Å². The highest BCUT2D eigenvalue weighted by Gasteiger charge is 2.16. The lowest BCUT2D eigenvalue weighted by molar-refractivity contribution is 0.0988. The van der Waals surface area contributed by atoms with Gasteiger partial charge in [0, 0.05) is 49.9 Å². The number of nitrogens with zero attached hydrogens (tertiary/aromatic N) is 3. The molecule has 2 amide bonds. The molecule has 2 aromatic heterocycles. The Morgan fingerprint density at radius 2 is 1.80 bits per heavy atom. The summed E-state index contributed by atoms with van der Waals surface area (Å²) in [6.07, 6.45) is 2.62. The van der Waals surface area contributed by atoms with Gasteiger partial charge in [-0.2, -0.15) is 0 Å². The van der Waals surface area contributed by atoms with E-state index in [1.165, 1.54) is 11.3 Å². The average Bonchev–Trinajstić information content (AvgIpc) is 3.26. The van der Waals surface area contributed by atoms with Gasteiger partial charge in [0.2, 0.25) is 0 Å². The molecule has 0 unspecified atom stereocenters. The summed E-state index contributed by atoms with van der Waals surface area (Å²) in [6.45, 7) is 2.24. The monoisotopic (exact) mass is 495 g/mol. The maximum absolute atomic E-state index is 12.9. The van der Waals surface area contributed by atoms with Crippen molar-refractivity contribution in [1.29, 1.82) is 0 Å². The Hall–Kier alpha value is -3.43. The molecule has 0 spiro atoms. The molecular formula is C26H33N5O3S. The van der Waals surface area contributed by atoms with E-state index in [0.29, 0.717) is 31.0 Å². The summed E-state index contributed by atoms with van der Waals surface area (Å²) < 4.78 is 5.19. The number of ketones is 1. The molecule has 3 rings (SSSR count). The number of benzene rings is 1. The van der Waals surface area contributed by atoms with Crippen molar-refractivity contribution >= 4 is 28.8 Å². The summed E-state index contributed by atoms with van der Waals surface area (Å²) in [5.41, 5.74) is 9.73. The van der Waals surface area contributed by atoms with Crippen molar-refractivity contribution in [2.24, 2.45) is 0 Å². The van der Waals surface area contributed by atoms with Crippen LogP contribution in [0.5, 0.6) is 5.75 Å². The van der Waals surface area contributed by atoms with Gasteiger partial charge in [0.15, 0.2) is 5.78 Å². The number of amides is 2. The van der Waals surface area contributed by atoms with E-state index in [9.17, 15) is 9.59 Å². The van der Waals surface area contributed by atoms with E-state index in [1.807, 2.05) is 60.1 Å². The van der Waals surface area contributed by atoms with Crippen molar-refractivity contribution < 1.29 is 14.3 Å². The van der Waals surface area contributed by atoms with Crippen LogP contribution >= 0.6 is 11.3 Å². The van der Waals surface area contributed by atoms with Crippen molar-refractivity contribution in [3.8, 4) is 5.75 Å². The number of carbonyl (C=O) groups is 2. The van der Waals surface area contributed by atoms with Crippen molar-refractivity contribution in [3.05, 3.63) is 75.7 Å². The zero-order valence-electron chi connectivity index (χ0n) is 20.5. The summed E-state index contributed by atoms with van der Waals surface area (Å²) in [6, 6.07) is 11.3. The first-order valence-corrected chi connectivity index (χ1v) is 12.4. The Balaban J connectivity index is 1.57. The van der Waals surface area contributed by atoms with E-state index >= 15 is 0 Å². The van der Waals surface area contributed by atoms with E-state index < -0.39 is 0 Å². The Kier molecular flexibility index (Phi) is 9.63. The highest BCUT2D eigenvalue weighted by atomic mass is 32.1. The average molecular weight is 496 g/mol. The standard InChI is InChI=1S/C26H33N5O3S/c1-30(2)12-13-31(26(33)28-11-10-19-4-7-22(34-3)8-5-19)16-20-6-9-24(29-15-20)25(32)14-21-17-35-18-23(21)27/h4-9,15,17-18H,10-14,16,27H2,1-3H3,(H,28,33). The number of thiophene rings is 1. The number of carbonyl (C=O) groups excluding carboxylic acids is 2. The fraction of sp³-hybridized carbons (Fsp3) is 0.346. The third-order valence-electron chi connectivity index (χ3n) is 5.56. The topological polar surface area (TPSA) is 101 Å². The molecule has 0 atom stereocenters. The Morgan fingerprint density at radius 3 is 2.40 bits per heavy atom. The molecule has 2 heterocycles. The second-order valence-corrected chi connectivity index (χ2v) is 9.30. The predicted octanol–water partition coefficient (Wildman–Crippen LogP) is 3.48. The number of pyridine rings is 1. The van der Waals surface area contributed by atoms with Crippen LogP contribution in [0.1, 0.15) is 27.2 Å². The number of rotatable bonds is 12. The molecule has 0 aliphatic carbocycles. The number of nitrogens with two attached hydrogens (primary N) is 1. The van der Waals surface area contributed by atoms with Crippen LogP contribution in [-0.2, 0) is 19.4 Å². The zero-order valence-corrected chi connectivity index (χ0v) is 21.3. The number of anilines is 1. The molecule has 8 nitrogen and oxygen atoms in total. The first-order chi connectivity index (χ1) is 16.9. The fourth-order valence-corrected chi connectivity index (χ4v) is 4.18. The summed E-state index contributed by atoms with van der Waals surface area (Å²) in [5.74, 6) is 0.729. The van der Waals surface area contributed by atoms with Gasteiger partial charge in [-0.25, -0.2) is 4.79 Å². The van der Waals surface area contributed by atoms with Crippen LogP contribution in [-0.4, -0.2) is 67.4 Å². The smallest absolute Gasteiger partial charge is 0.317 e. The first kappa shape index (κ1) is 26.2. The Labute approximate surface area is 210 Å². The predicted molar refractivity (Wildman–Crippen MR) is 140 cm³/mol. The van der Waals surface area contributed by atoms with Crippen molar-refractivity contribution in [2.75, 3.05) is 46.6 Å². The Bertz CT molecular complexity index is 1100. The molecule has 0 bridgehead atoms. The molecular weight excluding hydrogens is 462 g/mol.